The molecule has 1 unspecified atom stereocenters. The van der Waals surface area contributed by atoms with Gasteiger partial charge in [0.05, 0.1) is 6.04 Å². The van der Waals surface area contributed by atoms with Crippen LogP contribution in [0, 0.1) is 5.92 Å². The maximum atomic E-state index is 13.5. The van der Waals surface area contributed by atoms with Gasteiger partial charge in [-0.05, 0) is 18.8 Å². The van der Waals surface area contributed by atoms with Crippen molar-refractivity contribution >= 4 is 12.4 Å². The van der Waals surface area contributed by atoms with Crippen LogP contribution < -0.4 is 5.32 Å². The van der Waals surface area contributed by atoms with Crippen molar-refractivity contribution < 1.29 is 8.78 Å². The third-order valence-electron chi connectivity index (χ3n) is 3.65. The number of hydrogen-bond donors (Lipinski definition) is 1. The van der Waals surface area contributed by atoms with Crippen LogP contribution in [0.2, 0.25) is 0 Å². The van der Waals surface area contributed by atoms with E-state index in [4.69, 9.17) is 0 Å². The van der Waals surface area contributed by atoms with E-state index in [0.29, 0.717) is 6.54 Å². The molecule has 0 spiro atoms. The zero-order valence-electron chi connectivity index (χ0n) is 8.98. The van der Waals surface area contributed by atoms with Crippen LogP contribution in [0.3, 0.4) is 0 Å². The lowest BCUT2D eigenvalue weighted by Crippen LogP contribution is -2.42. The Labute approximate surface area is 96.4 Å². The molecule has 0 aromatic heterocycles. The van der Waals surface area contributed by atoms with Crippen molar-refractivity contribution in [2.24, 2.45) is 5.92 Å². The van der Waals surface area contributed by atoms with E-state index in [2.05, 4.69) is 5.32 Å². The summed E-state index contributed by atoms with van der Waals surface area (Å²) in [6, 6.07) is -0.527. The normalized spacial score (nSPS) is 32.0. The van der Waals surface area contributed by atoms with Gasteiger partial charge in [0, 0.05) is 13.0 Å². The predicted molar refractivity (Wildman–Crippen MR) is 59.8 cm³/mol. The van der Waals surface area contributed by atoms with E-state index in [1.165, 1.54) is 12.8 Å². The topological polar surface area (TPSA) is 12.0 Å². The van der Waals surface area contributed by atoms with Crippen molar-refractivity contribution in [2.45, 2.75) is 56.9 Å². The van der Waals surface area contributed by atoms with Crippen molar-refractivity contribution in [3.8, 4) is 0 Å². The van der Waals surface area contributed by atoms with E-state index < -0.39 is 12.0 Å². The van der Waals surface area contributed by atoms with Gasteiger partial charge >= 0.3 is 0 Å². The summed E-state index contributed by atoms with van der Waals surface area (Å²) < 4.78 is 26.9. The molecule has 1 saturated carbocycles. The molecule has 2 fully saturated rings. The summed E-state index contributed by atoms with van der Waals surface area (Å²) in [5.74, 6) is -2.23. The molecule has 0 aromatic rings. The molecular weight excluding hydrogens is 220 g/mol. The second kappa shape index (κ2) is 5.44. The van der Waals surface area contributed by atoms with Crippen LogP contribution in [0.4, 0.5) is 8.78 Å². The van der Waals surface area contributed by atoms with Crippen molar-refractivity contribution in [3.63, 3.8) is 0 Å². The lowest BCUT2D eigenvalue weighted by atomic mass is 9.89. The molecule has 2 rings (SSSR count). The highest BCUT2D eigenvalue weighted by atomic mass is 35.5. The third-order valence-corrected chi connectivity index (χ3v) is 3.65. The average Bonchev–Trinajstić information content (AvgIpc) is 2.41. The van der Waals surface area contributed by atoms with E-state index in [-0.39, 0.29) is 24.7 Å². The molecule has 0 bridgehead atoms. The van der Waals surface area contributed by atoms with E-state index in [9.17, 15) is 8.78 Å². The summed E-state index contributed by atoms with van der Waals surface area (Å²) in [6.07, 6.45) is 6.76. The summed E-state index contributed by atoms with van der Waals surface area (Å²) in [4.78, 5) is 0. The number of alkyl halides is 2. The van der Waals surface area contributed by atoms with Crippen LogP contribution in [0.25, 0.3) is 0 Å². The zero-order valence-corrected chi connectivity index (χ0v) is 9.79. The minimum Gasteiger partial charge on any atom is -0.308 e. The maximum Gasteiger partial charge on any atom is 0.264 e. The van der Waals surface area contributed by atoms with Gasteiger partial charge < -0.3 is 5.32 Å². The lowest BCUT2D eigenvalue weighted by molar-refractivity contribution is -0.0308. The summed E-state index contributed by atoms with van der Waals surface area (Å²) in [7, 11) is 0. The minimum absolute atomic E-state index is 0. The molecule has 1 aliphatic carbocycles. The highest BCUT2D eigenvalue weighted by molar-refractivity contribution is 5.85. The lowest BCUT2D eigenvalue weighted by Gasteiger charge is -2.27. The summed E-state index contributed by atoms with van der Waals surface area (Å²) >= 11 is 0. The number of hydrogen-bond acceptors (Lipinski definition) is 1. The average molecular weight is 240 g/mol. The van der Waals surface area contributed by atoms with Crippen molar-refractivity contribution in [1.29, 1.82) is 0 Å². The molecule has 0 radical (unpaired) electrons. The second-order valence-corrected chi connectivity index (χ2v) is 4.69. The van der Waals surface area contributed by atoms with Gasteiger partial charge in [-0.1, -0.05) is 25.7 Å². The van der Waals surface area contributed by atoms with Gasteiger partial charge in [0.25, 0.3) is 5.92 Å². The van der Waals surface area contributed by atoms with Crippen LogP contribution in [0.15, 0.2) is 0 Å². The number of halogens is 3. The zero-order chi connectivity index (χ0) is 10.0. The van der Waals surface area contributed by atoms with Gasteiger partial charge in [0.2, 0.25) is 0 Å². The number of nitrogens with one attached hydrogen (secondary N) is 1. The second-order valence-electron chi connectivity index (χ2n) is 4.69. The van der Waals surface area contributed by atoms with E-state index in [1.54, 1.807) is 0 Å². The van der Waals surface area contributed by atoms with E-state index >= 15 is 0 Å². The largest absolute Gasteiger partial charge is 0.308 e. The first kappa shape index (κ1) is 13.2. The van der Waals surface area contributed by atoms with Crippen LogP contribution in [-0.2, 0) is 0 Å². The molecule has 1 aliphatic heterocycles. The Morgan fingerprint density at radius 2 is 1.60 bits per heavy atom. The quantitative estimate of drug-likeness (QED) is 0.692. The fourth-order valence-corrected chi connectivity index (χ4v) is 2.85. The smallest absolute Gasteiger partial charge is 0.264 e. The molecule has 1 heterocycles. The Hall–Kier alpha value is 0.110. The van der Waals surface area contributed by atoms with Gasteiger partial charge in [0.1, 0.15) is 0 Å². The molecule has 1 atom stereocenters. The summed E-state index contributed by atoms with van der Waals surface area (Å²) in [5, 5.41) is 2.99. The van der Waals surface area contributed by atoms with E-state index in [1.807, 2.05) is 0 Å². The Morgan fingerprint density at radius 3 is 2.07 bits per heavy atom. The molecule has 1 nitrogen and oxygen atoms in total. The third kappa shape index (κ3) is 3.04. The highest BCUT2D eigenvalue weighted by Gasteiger charge is 2.47. The molecule has 0 amide bonds. The van der Waals surface area contributed by atoms with Gasteiger partial charge in [-0.3, -0.25) is 0 Å². The summed E-state index contributed by atoms with van der Waals surface area (Å²) in [5.41, 5.74) is 0. The first-order chi connectivity index (χ1) is 6.70. The Bertz CT molecular complexity index is 191. The molecular formula is C11H20ClF2N. The fourth-order valence-electron chi connectivity index (χ4n) is 2.85. The van der Waals surface area contributed by atoms with Crippen LogP contribution in [0.5, 0.6) is 0 Å². The Morgan fingerprint density at radius 1 is 1.00 bits per heavy atom. The molecule has 4 heteroatoms. The van der Waals surface area contributed by atoms with E-state index in [0.717, 1.165) is 25.7 Å². The van der Waals surface area contributed by atoms with Crippen LogP contribution in [0.1, 0.15) is 44.9 Å². The van der Waals surface area contributed by atoms with Gasteiger partial charge in [-0.15, -0.1) is 12.4 Å². The Balaban J connectivity index is 0.00000112. The standard InChI is InChI=1S/C11H19F2N.ClH/c12-11(13)7-8-14-10(11)9-5-3-1-2-4-6-9;/h9-10,14H,1-8H2;1H. The van der Waals surface area contributed by atoms with Crippen LogP contribution >= 0.6 is 12.4 Å². The van der Waals surface area contributed by atoms with Crippen molar-refractivity contribution in [1.82, 2.24) is 5.32 Å². The first-order valence-corrected chi connectivity index (χ1v) is 5.81. The first-order valence-electron chi connectivity index (χ1n) is 5.81. The fraction of sp³-hybridized carbons (Fsp3) is 1.00. The highest BCUT2D eigenvalue weighted by Crippen LogP contribution is 2.37. The molecule has 0 aromatic carbocycles. The van der Waals surface area contributed by atoms with Crippen molar-refractivity contribution in [2.75, 3.05) is 6.54 Å². The van der Waals surface area contributed by atoms with Gasteiger partial charge in [-0.25, -0.2) is 8.78 Å². The summed E-state index contributed by atoms with van der Waals surface area (Å²) in [6.45, 7) is 0.494. The van der Waals surface area contributed by atoms with Crippen molar-refractivity contribution in [3.05, 3.63) is 0 Å². The molecule has 1 saturated heterocycles. The molecule has 15 heavy (non-hydrogen) atoms. The van der Waals surface area contributed by atoms with Gasteiger partial charge in [-0.2, -0.15) is 0 Å². The van der Waals surface area contributed by atoms with Crippen LogP contribution in [-0.4, -0.2) is 18.5 Å². The molecule has 1 N–H and O–H groups in total. The SMILES string of the molecule is Cl.FC1(F)CCNC1C1CCCCCC1. The molecule has 2 aliphatic rings. The maximum absolute atomic E-state index is 13.5. The minimum atomic E-state index is -2.45. The molecule has 90 valence electrons. The predicted octanol–water partition coefficient (Wildman–Crippen LogP) is 3.38. The number of rotatable bonds is 1. The monoisotopic (exact) mass is 239 g/mol. The van der Waals surface area contributed by atoms with Gasteiger partial charge in [0.15, 0.2) is 0 Å². The Kier molecular flexibility index (Phi) is 4.78.